The first-order valence-electron chi connectivity index (χ1n) is 12.3. The van der Waals surface area contributed by atoms with Crippen LogP contribution in [0.2, 0.25) is 0 Å². The third-order valence-electron chi connectivity index (χ3n) is 7.11. The molecule has 9 heteroatoms. The Kier molecular flexibility index (Phi) is 5.64. The molecule has 0 unspecified atom stereocenters. The van der Waals surface area contributed by atoms with Gasteiger partial charge in [-0.1, -0.05) is 23.5 Å². The van der Waals surface area contributed by atoms with E-state index in [0.29, 0.717) is 16.4 Å². The van der Waals surface area contributed by atoms with Crippen molar-refractivity contribution in [2.45, 2.75) is 38.1 Å². The monoisotopic (exact) mass is 489 g/mol. The largest absolute Gasteiger partial charge is 0.358 e. The summed E-state index contributed by atoms with van der Waals surface area (Å²) in [6.07, 6.45) is 4.81. The number of fused-ring (bicyclic) bond motifs is 4. The molecule has 3 aromatic rings. The van der Waals surface area contributed by atoms with E-state index >= 15 is 0 Å². The molecule has 3 aliphatic rings. The van der Waals surface area contributed by atoms with Crippen LogP contribution in [0.25, 0.3) is 10.2 Å². The van der Waals surface area contributed by atoms with Gasteiger partial charge in [0, 0.05) is 25.2 Å². The molecule has 8 nitrogen and oxygen atoms in total. The van der Waals surface area contributed by atoms with Crippen molar-refractivity contribution in [1.29, 1.82) is 0 Å². The lowest BCUT2D eigenvalue weighted by Gasteiger charge is -2.45. The Labute approximate surface area is 207 Å². The van der Waals surface area contributed by atoms with Crippen LogP contribution >= 0.6 is 11.3 Å². The van der Waals surface area contributed by atoms with E-state index in [0.717, 1.165) is 67.6 Å². The van der Waals surface area contributed by atoms with Crippen molar-refractivity contribution in [3.05, 3.63) is 48.0 Å². The molecule has 2 aromatic carbocycles. The maximum atomic E-state index is 13.6. The van der Waals surface area contributed by atoms with Gasteiger partial charge in [-0.3, -0.25) is 19.3 Å². The van der Waals surface area contributed by atoms with Crippen LogP contribution in [-0.4, -0.2) is 59.8 Å². The first-order chi connectivity index (χ1) is 17.1. The number of aromatic nitrogens is 1. The van der Waals surface area contributed by atoms with E-state index in [1.807, 2.05) is 41.3 Å². The Bertz CT molecular complexity index is 1280. The van der Waals surface area contributed by atoms with Crippen LogP contribution in [0.5, 0.6) is 0 Å². The minimum atomic E-state index is -0.302. The van der Waals surface area contributed by atoms with Crippen molar-refractivity contribution >= 4 is 55.8 Å². The van der Waals surface area contributed by atoms with Gasteiger partial charge in [-0.15, -0.1) is 0 Å². The molecule has 0 bridgehead atoms. The number of carbonyl (C=O) groups is 3. The Hall–Kier alpha value is -3.46. The van der Waals surface area contributed by atoms with E-state index in [-0.39, 0.29) is 30.3 Å². The van der Waals surface area contributed by atoms with Crippen molar-refractivity contribution < 1.29 is 14.4 Å². The maximum Gasteiger partial charge on any atom is 0.253 e. The molecule has 4 heterocycles. The average molecular weight is 490 g/mol. The number of piperidine rings is 1. The minimum absolute atomic E-state index is 0.0163. The van der Waals surface area contributed by atoms with Crippen LogP contribution in [0, 0.1) is 0 Å². The Morgan fingerprint density at radius 2 is 1.80 bits per heavy atom. The Morgan fingerprint density at radius 3 is 2.63 bits per heavy atom. The highest BCUT2D eigenvalue weighted by Gasteiger charge is 2.40. The number of benzene rings is 2. The summed E-state index contributed by atoms with van der Waals surface area (Å²) in [4.78, 5) is 49.8. The predicted octanol–water partition coefficient (Wildman–Crippen LogP) is 3.88. The third kappa shape index (κ3) is 4.03. The molecule has 180 valence electrons. The molecule has 0 aliphatic carbocycles. The molecule has 6 rings (SSSR count). The first-order valence-corrected chi connectivity index (χ1v) is 13.1. The van der Waals surface area contributed by atoms with E-state index in [1.165, 1.54) is 11.3 Å². The van der Waals surface area contributed by atoms with Crippen molar-refractivity contribution in [3.63, 3.8) is 0 Å². The lowest BCUT2D eigenvalue weighted by atomic mass is 9.95. The first kappa shape index (κ1) is 22.0. The molecule has 35 heavy (non-hydrogen) atoms. The Morgan fingerprint density at radius 1 is 1.00 bits per heavy atom. The average Bonchev–Trinajstić information content (AvgIpc) is 3.55. The number of thiazole rings is 1. The van der Waals surface area contributed by atoms with Gasteiger partial charge < -0.3 is 15.1 Å². The Balaban J connectivity index is 1.30. The number of hydrogen-bond donors (Lipinski definition) is 1. The van der Waals surface area contributed by atoms with Crippen LogP contribution < -0.4 is 15.1 Å². The summed E-state index contributed by atoms with van der Waals surface area (Å²) in [6.45, 7) is 2.21. The van der Waals surface area contributed by atoms with E-state index in [9.17, 15) is 14.4 Å². The number of rotatable bonds is 4. The number of amides is 3. The van der Waals surface area contributed by atoms with Gasteiger partial charge in [-0.25, -0.2) is 4.98 Å². The molecule has 1 aromatic heterocycles. The summed E-state index contributed by atoms with van der Waals surface area (Å²) in [5.41, 5.74) is 2.94. The highest BCUT2D eigenvalue weighted by atomic mass is 32.1. The standard InChI is InChI=1S/C26H27N5O3S/c32-23(28-26-27-18-7-1-2-9-22(18)35-26)16-31-21-15-17(24(33)29-12-5-6-13-29)10-11-19(21)30-14-4-3-8-20(30)25(31)34/h1-2,7,9-11,15,20H,3-6,8,12-14,16H2,(H,27,28,32)/t20-/m1/s1. The van der Waals surface area contributed by atoms with Gasteiger partial charge in [-0.2, -0.15) is 0 Å². The van der Waals surface area contributed by atoms with Crippen LogP contribution in [0.4, 0.5) is 16.5 Å². The molecular weight excluding hydrogens is 462 g/mol. The maximum absolute atomic E-state index is 13.6. The fourth-order valence-corrected chi connectivity index (χ4v) is 6.27. The molecule has 2 saturated heterocycles. The molecule has 0 radical (unpaired) electrons. The zero-order valence-corrected chi connectivity index (χ0v) is 20.2. The molecule has 0 saturated carbocycles. The van der Waals surface area contributed by atoms with Gasteiger partial charge in [0.1, 0.15) is 12.6 Å². The normalized spacial score (nSPS) is 19.6. The highest BCUT2D eigenvalue weighted by Crippen LogP contribution is 2.40. The zero-order valence-electron chi connectivity index (χ0n) is 19.4. The predicted molar refractivity (Wildman–Crippen MR) is 137 cm³/mol. The van der Waals surface area contributed by atoms with Gasteiger partial charge in [-0.05, 0) is 62.4 Å². The van der Waals surface area contributed by atoms with Gasteiger partial charge in [0.15, 0.2) is 5.13 Å². The highest BCUT2D eigenvalue weighted by molar-refractivity contribution is 7.22. The molecule has 0 spiro atoms. The van der Waals surface area contributed by atoms with Crippen molar-refractivity contribution in [3.8, 4) is 0 Å². The third-order valence-corrected chi connectivity index (χ3v) is 8.06. The minimum Gasteiger partial charge on any atom is -0.358 e. The van der Waals surface area contributed by atoms with Gasteiger partial charge in [0.05, 0.1) is 21.6 Å². The van der Waals surface area contributed by atoms with Crippen LogP contribution in [0.15, 0.2) is 42.5 Å². The summed E-state index contributed by atoms with van der Waals surface area (Å²) >= 11 is 1.41. The lowest BCUT2D eigenvalue weighted by Crippen LogP contribution is -2.56. The number of anilines is 3. The second-order valence-electron chi connectivity index (χ2n) is 9.37. The van der Waals surface area contributed by atoms with Crippen molar-refractivity contribution in [2.24, 2.45) is 0 Å². The zero-order chi connectivity index (χ0) is 23.9. The quantitative estimate of drug-likeness (QED) is 0.601. The second-order valence-corrected chi connectivity index (χ2v) is 10.4. The molecule has 1 atom stereocenters. The van der Waals surface area contributed by atoms with Crippen molar-refractivity contribution in [1.82, 2.24) is 9.88 Å². The van der Waals surface area contributed by atoms with Crippen LogP contribution in [-0.2, 0) is 9.59 Å². The fourth-order valence-electron chi connectivity index (χ4n) is 5.38. The van der Waals surface area contributed by atoms with Gasteiger partial charge in [0.25, 0.3) is 5.91 Å². The van der Waals surface area contributed by atoms with E-state index < -0.39 is 0 Å². The number of likely N-dealkylation sites (tertiary alicyclic amines) is 1. The summed E-state index contributed by atoms with van der Waals surface area (Å²) in [5, 5.41) is 3.38. The van der Waals surface area contributed by atoms with Gasteiger partial charge >= 0.3 is 0 Å². The van der Waals surface area contributed by atoms with E-state index in [2.05, 4.69) is 15.2 Å². The number of carbonyl (C=O) groups excluding carboxylic acids is 3. The van der Waals surface area contributed by atoms with E-state index in [1.54, 1.807) is 11.0 Å². The number of para-hydroxylation sites is 1. The van der Waals surface area contributed by atoms with Gasteiger partial charge in [0.2, 0.25) is 11.8 Å². The fraction of sp³-hybridized carbons (Fsp3) is 0.385. The summed E-state index contributed by atoms with van der Waals surface area (Å²) < 4.78 is 0.991. The van der Waals surface area contributed by atoms with Crippen molar-refractivity contribution in [2.75, 3.05) is 41.3 Å². The summed E-state index contributed by atoms with van der Waals surface area (Å²) in [7, 11) is 0. The summed E-state index contributed by atoms with van der Waals surface area (Å²) in [6, 6.07) is 13.0. The molecule has 2 fully saturated rings. The number of nitrogens with zero attached hydrogens (tertiary/aromatic N) is 4. The lowest BCUT2D eigenvalue weighted by molar-refractivity contribution is -0.123. The molecule has 3 aliphatic heterocycles. The molecular formula is C26H27N5O3S. The topological polar surface area (TPSA) is 85.9 Å². The van der Waals surface area contributed by atoms with Crippen LogP contribution in [0.1, 0.15) is 42.5 Å². The SMILES string of the molecule is O=C(CN1C(=O)[C@H]2CCCCN2c2ccc(C(=O)N3CCCC3)cc21)Nc1nc2ccccc2s1. The second kappa shape index (κ2) is 8.96. The molecule has 1 N–H and O–H groups in total. The smallest absolute Gasteiger partial charge is 0.253 e. The van der Waals surface area contributed by atoms with Crippen LogP contribution in [0.3, 0.4) is 0 Å². The number of hydrogen-bond acceptors (Lipinski definition) is 6. The number of nitrogens with one attached hydrogen (secondary N) is 1. The summed E-state index contributed by atoms with van der Waals surface area (Å²) in [5.74, 6) is -0.399. The molecule has 3 amide bonds. The van der Waals surface area contributed by atoms with E-state index in [4.69, 9.17) is 0 Å².